The molecule has 0 radical (unpaired) electrons. The Kier molecular flexibility index (Phi) is 2.99. The SMILES string of the molecule is N[C@H]1[C@H](O)[C@@H](CO)OC(O)[C@@H]1O. The zero-order valence-corrected chi connectivity index (χ0v) is 6.37. The van der Waals surface area contributed by atoms with Crippen LogP contribution in [0, 0.1) is 0 Å². The molecule has 1 aliphatic heterocycles. The molecule has 0 aliphatic carbocycles. The number of aliphatic hydroxyl groups excluding tert-OH is 4. The molecule has 1 rings (SSSR count). The van der Waals surface area contributed by atoms with Crippen LogP contribution in [-0.2, 0) is 4.74 Å². The quantitative estimate of drug-likeness (QED) is 0.288. The fraction of sp³-hybridized carbons (Fsp3) is 1.00. The van der Waals surface area contributed by atoms with E-state index in [9.17, 15) is 5.11 Å². The highest BCUT2D eigenvalue weighted by molar-refractivity contribution is 4.90. The molecule has 0 bridgehead atoms. The smallest absolute Gasteiger partial charge is 0.183 e. The Bertz CT molecular complexity index is 150. The molecule has 5 atom stereocenters. The molecule has 0 amide bonds. The van der Waals surface area contributed by atoms with Crippen molar-refractivity contribution in [2.24, 2.45) is 5.73 Å². The van der Waals surface area contributed by atoms with Gasteiger partial charge in [0.15, 0.2) is 6.29 Å². The molecule has 0 spiro atoms. The third-order valence-electron chi connectivity index (χ3n) is 1.96. The maximum absolute atomic E-state index is 9.24. The number of nitrogens with two attached hydrogens (primary N) is 1. The van der Waals surface area contributed by atoms with Gasteiger partial charge in [-0.05, 0) is 0 Å². The zero-order chi connectivity index (χ0) is 9.30. The Morgan fingerprint density at radius 3 is 2.25 bits per heavy atom. The van der Waals surface area contributed by atoms with Gasteiger partial charge in [-0.25, -0.2) is 0 Å². The summed E-state index contributed by atoms with van der Waals surface area (Å²) in [6.45, 7) is -0.446. The first-order chi connectivity index (χ1) is 5.57. The minimum Gasteiger partial charge on any atom is -0.394 e. The van der Waals surface area contributed by atoms with E-state index >= 15 is 0 Å². The molecule has 1 unspecified atom stereocenters. The van der Waals surface area contributed by atoms with Crippen molar-refractivity contribution in [1.82, 2.24) is 0 Å². The van der Waals surface area contributed by atoms with Gasteiger partial charge in [0.25, 0.3) is 0 Å². The van der Waals surface area contributed by atoms with E-state index in [2.05, 4.69) is 4.74 Å². The Morgan fingerprint density at radius 1 is 1.17 bits per heavy atom. The lowest BCUT2D eigenvalue weighted by Gasteiger charge is -2.38. The third-order valence-corrected chi connectivity index (χ3v) is 1.96. The highest BCUT2D eigenvalue weighted by Gasteiger charge is 2.41. The highest BCUT2D eigenvalue weighted by Crippen LogP contribution is 2.17. The van der Waals surface area contributed by atoms with Crippen LogP contribution in [0.3, 0.4) is 0 Å². The molecule has 72 valence electrons. The molecule has 0 aromatic heterocycles. The maximum atomic E-state index is 9.24. The topological polar surface area (TPSA) is 116 Å². The lowest BCUT2D eigenvalue weighted by molar-refractivity contribution is -0.258. The van der Waals surface area contributed by atoms with Crippen molar-refractivity contribution in [2.45, 2.75) is 30.6 Å². The second-order valence-corrected chi connectivity index (χ2v) is 2.81. The third kappa shape index (κ3) is 1.58. The lowest BCUT2D eigenvalue weighted by atomic mass is 9.97. The summed E-state index contributed by atoms with van der Waals surface area (Å²) < 4.78 is 4.66. The van der Waals surface area contributed by atoms with Crippen LogP contribution in [0.4, 0.5) is 0 Å². The molecule has 6 nitrogen and oxygen atoms in total. The molecule has 6 N–H and O–H groups in total. The molecular weight excluding hydrogens is 166 g/mol. The van der Waals surface area contributed by atoms with Gasteiger partial charge in [-0.3, -0.25) is 0 Å². The van der Waals surface area contributed by atoms with Crippen LogP contribution in [0.25, 0.3) is 0 Å². The van der Waals surface area contributed by atoms with Gasteiger partial charge in [-0.15, -0.1) is 0 Å². The van der Waals surface area contributed by atoms with E-state index < -0.39 is 37.3 Å². The van der Waals surface area contributed by atoms with Crippen molar-refractivity contribution in [3.63, 3.8) is 0 Å². The predicted molar refractivity (Wildman–Crippen MR) is 38.0 cm³/mol. The molecule has 0 aromatic carbocycles. The van der Waals surface area contributed by atoms with Gasteiger partial charge in [0.1, 0.15) is 18.3 Å². The van der Waals surface area contributed by atoms with Crippen LogP contribution >= 0.6 is 0 Å². The minimum absolute atomic E-state index is 0.446. The van der Waals surface area contributed by atoms with Gasteiger partial charge in [-0.2, -0.15) is 0 Å². The first kappa shape index (κ1) is 9.85. The van der Waals surface area contributed by atoms with Crippen LogP contribution in [0.5, 0.6) is 0 Å². The van der Waals surface area contributed by atoms with E-state index in [1.165, 1.54) is 0 Å². The molecular formula is C6H13NO5. The highest BCUT2D eigenvalue weighted by atomic mass is 16.6. The van der Waals surface area contributed by atoms with Crippen molar-refractivity contribution >= 4 is 0 Å². The second-order valence-electron chi connectivity index (χ2n) is 2.81. The summed E-state index contributed by atoms with van der Waals surface area (Å²) in [7, 11) is 0. The summed E-state index contributed by atoms with van der Waals surface area (Å²) in [4.78, 5) is 0. The van der Waals surface area contributed by atoms with Crippen molar-refractivity contribution in [3.8, 4) is 0 Å². The van der Waals surface area contributed by atoms with Crippen LogP contribution in [-0.4, -0.2) is 57.7 Å². The molecule has 1 heterocycles. The molecule has 1 saturated heterocycles. The number of ether oxygens (including phenoxy) is 1. The molecule has 0 saturated carbocycles. The van der Waals surface area contributed by atoms with Crippen LogP contribution < -0.4 is 5.73 Å². The van der Waals surface area contributed by atoms with E-state index in [1.54, 1.807) is 0 Å². The average Bonchev–Trinajstić information content (AvgIpc) is 2.08. The lowest BCUT2D eigenvalue weighted by Crippen LogP contribution is -2.62. The first-order valence-corrected chi connectivity index (χ1v) is 3.64. The van der Waals surface area contributed by atoms with Gasteiger partial charge in [0.2, 0.25) is 0 Å². The molecule has 0 aromatic rings. The monoisotopic (exact) mass is 179 g/mol. The molecule has 1 aliphatic rings. The standard InChI is InChI=1S/C6H13NO5/c7-3-4(9)2(1-8)12-6(11)5(3)10/h2-6,8-11H,1,7H2/t2-,3+,4-,5-,6?/m1/s1. The van der Waals surface area contributed by atoms with Gasteiger partial charge in [-0.1, -0.05) is 0 Å². The van der Waals surface area contributed by atoms with Gasteiger partial charge >= 0.3 is 0 Å². The number of hydrogen-bond acceptors (Lipinski definition) is 6. The Labute approximate surface area is 69.2 Å². The molecule has 1 fully saturated rings. The van der Waals surface area contributed by atoms with Crippen molar-refractivity contribution in [1.29, 1.82) is 0 Å². The molecule has 12 heavy (non-hydrogen) atoms. The number of hydrogen-bond donors (Lipinski definition) is 5. The summed E-state index contributed by atoms with van der Waals surface area (Å²) in [6, 6.07) is -0.995. The van der Waals surface area contributed by atoms with E-state index in [0.29, 0.717) is 0 Å². The predicted octanol–water partition coefficient (Wildman–Crippen LogP) is -3.25. The van der Waals surface area contributed by atoms with Gasteiger partial charge in [0.05, 0.1) is 12.6 Å². The molecule has 6 heteroatoms. The summed E-state index contributed by atoms with van der Waals surface area (Å²) in [6.07, 6.45) is -4.85. The maximum Gasteiger partial charge on any atom is 0.183 e. The van der Waals surface area contributed by atoms with E-state index in [1.807, 2.05) is 0 Å². The van der Waals surface area contributed by atoms with Crippen LogP contribution in [0.15, 0.2) is 0 Å². The Morgan fingerprint density at radius 2 is 1.75 bits per heavy atom. The second kappa shape index (κ2) is 3.65. The number of aliphatic hydroxyl groups is 4. The first-order valence-electron chi connectivity index (χ1n) is 3.64. The fourth-order valence-corrected chi connectivity index (χ4v) is 1.13. The Hall–Kier alpha value is -0.240. The van der Waals surface area contributed by atoms with E-state index in [-0.39, 0.29) is 0 Å². The fourth-order valence-electron chi connectivity index (χ4n) is 1.13. The van der Waals surface area contributed by atoms with Crippen LogP contribution in [0.1, 0.15) is 0 Å². The summed E-state index contributed by atoms with van der Waals surface area (Å²) >= 11 is 0. The van der Waals surface area contributed by atoms with Gasteiger partial charge in [0, 0.05) is 0 Å². The summed E-state index contributed by atoms with van der Waals surface area (Å²) in [5.41, 5.74) is 5.33. The van der Waals surface area contributed by atoms with Crippen molar-refractivity contribution < 1.29 is 25.2 Å². The van der Waals surface area contributed by atoms with Crippen molar-refractivity contribution in [2.75, 3.05) is 6.61 Å². The van der Waals surface area contributed by atoms with Crippen LogP contribution in [0.2, 0.25) is 0 Å². The van der Waals surface area contributed by atoms with E-state index in [4.69, 9.17) is 21.1 Å². The van der Waals surface area contributed by atoms with Gasteiger partial charge < -0.3 is 30.9 Å². The Balaban J connectivity index is 2.63. The van der Waals surface area contributed by atoms with E-state index in [0.717, 1.165) is 0 Å². The van der Waals surface area contributed by atoms with Crippen molar-refractivity contribution in [3.05, 3.63) is 0 Å². The summed E-state index contributed by atoms with van der Waals surface area (Å²) in [5, 5.41) is 36.0. The normalized spacial score (nSPS) is 49.2. The zero-order valence-electron chi connectivity index (χ0n) is 6.37. The number of rotatable bonds is 1. The average molecular weight is 179 g/mol. The summed E-state index contributed by atoms with van der Waals surface area (Å²) in [5.74, 6) is 0. The minimum atomic E-state index is -1.44. The largest absolute Gasteiger partial charge is 0.394 e.